The fourth-order valence-electron chi connectivity index (χ4n) is 3.56. The molecule has 0 saturated heterocycles. The molecule has 1 aliphatic rings. The minimum Gasteiger partial charge on any atom is -0.380 e. The van der Waals surface area contributed by atoms with E-state index in [4.69, 9.17) is 11.6 Å². The van der Waals surface area contributed by atoms with Crippen LogP contribution in [-0.4, -0.2) is 21.0 Å². The predicted octanol–water partition coefficient (Wildman–Crippen LogP) is 5.51. The second kappa shape index (κ2) is 7.31. The van der Waals surface area contributed by atoms with Crippen molar-refractivity contribution in [3.63, 3.8) is 0 Å². The second-order valence-corrected chi connectivity index (χ2v) is 6.96. The van der Waals surface area contributed by atoms with E-state index in [1.807, 2.05) is 0 Å². The zero-order valence-electron chi connectivity index (χ0n) is 14.3. The van der Waals surface area contributed by atoms with E-state index >= 15 is 0 Å². The van der Waals surface area contributed by atoms with Gasteiger partial charge in [0, 0.05) is 30.6 Å². The maximum Gasteiger partial charge on any atom is 0.181 e. The van der Waals surface area contributed by atoms with Crippen molar-refractivity contribution in [3.8, 4) is 11.1 Å². The first-order valence-electron chi connectivity index (χ1n) is 8.76. The highest BCUT2D eigenvalue weighted by atomic mass is 35.5. The summed E-state index contributed by atoms with van der Waals surface area (Å²) in [5.41, 5.74) is 0.609. The van der Waals surface area contributed by atoms with Gasteiger partial charge < -0.3 is 5.32 Å². The van der Waals surface area contributed by atoms with E-state index in [0.29, 0.717) is 23.3 Å². The fourth-order valence-corrected chi connectivity index (χ4v) is 3.83. The lowest BCUT2D eigenvalue weighted by Crippen LogP contribution is -2.23. The Balaban J connectivity index is 1.96. The zero-order valence-corrected chi connectivity index (χ0v) is 15.0. The van der Waals surface area contributed by atoms with Gasteiger partial charge in [0.1, 0.15) is 28.1 Å². The fraction of sp³-hybridized carbons (Fsp3) is 0.316. The molecule has 1 fully saturated rings. The Morgan fingerprint density at radius 1 is 0.926 bits per heavy atom. The largest absolute Gasteiger partial charge is 0.380 e. The molecule has 2 heterocycles. The summed E-state index contributed by atoms with van der Waals surface area (Å²) in [6, 6.07) is 1.37. The van der Waals surface area contributed by atoms with Crippen LogP contribution in [0.15, 0.2) is 24.5 Å². The van der Waals surface area contributed by atoms with Crippen LogP contribution in [0.3, 0.4) is 0 Å². The monoisotopic (exact) mass is 392 g/mol. The van der Waals surface area contributed by atoms with Gasteiger partial charge in [-0.05, 0) is 12.8 Å². The highest BCUT2D eigenvalue weighted by Gasteiger charge is 2.25. The minimum absolute atomic E-state index is 0.0326. The van der Waals surface area contributed by atoms with Gasteiger partial charge in [-0.3, -0.25) is 0 Å². The molecule has 0 atom stereocenters. The number of hydrogen-bond donors (Lipinski definition) is 1. The molecular weight excluding hydrogens is 377 g/mol. The van der Waals surface area contributed by atoms with Gasteiger partial charge in [0.25, 0.3) is 0 Å². The van der Waals surface area contributed by atoms with Crippen molar-refractivity contribution in [2.45, 2.75) is 38.1 Å². The summed E-state index contributed by atoms with van der Waals surface area (Å²) < 4.78 is 42.4. The Hall–Kier alpha value is -2.41. The van der Waals surface area contributed by atoms with E-state index in [9.17, 15) is 13.2 Å². The van der Waals surface area contributed by atoms with Crippen LogP contribution in [0.1, 0.15) is 32.1 Å². The third kappa shape index (κ3) is 3.43. The van der Waals surface area contributed by atoms with E-state index in [1.165, 1.54) is 12.4 Å². The third-order valence-electron chi connectivity index (χ3n) is 4.79. The number of nitrogens with zero attached hydrogens (tertiary/aromatic N) is 3. The number of benzene rings is 1. The van der Waals surface area contributed by atoms with Crippen molar-refractivity contribution in [3.05, 3.63) is 47.1 Å². The van der Waals surface area contributed by atoms with Gasteiger partial charge >= 0.3 is 0 Å². The van der Waals surface area contributed by atoms with Crippen LogP contribution in [0.4, 0.5) is 18.9 Å². The van der Waals surface area contributed by atoms with E-state index < -0.39 is 23.0 Å². The first-order chi connectivity index (χ1) is 13.0. The molecule has 1 saturated carbocycles. The summed E-state index contributed by atoms with van der Waals surface area (Å²) in [7, 11) is 0. The molecule has 0 unspecified atom stereocenters. The summed E-state index contributed by atoms with van der Waals surface area (Å²) in [5.74, 6) is -3.10. The summed E-state index contributed by atoms with van der Waals surface area (Å²) >= 11 is 6.30. The van der Waals surface area contributed by atoms with E-state index in [-0.39, 0.29) is 22.4 Å². The second-order valence-electron chi connectivity index (χ2n) is 6.60. The highest BCUT2D eigenvalue weighted by molar-refractivity contribution is 6.33. The van der Waals surface area contributed by atoms with E-state index in [1.54, 1.807) is 0 Å². The molecule has 2 aromatic heterocycles. The van der Waals surface area contributed by atoms with Crippen LogP contribution < -0.4 is 5.32 Å². The van der Waals surface area contributed by atoms with Crippen molar-refractivity contribution >= 4 is 28.5 Å². The van der Waals surface area contributed by atoms with Crippen molar-refractivity contribution in [2.75, 3.05) is 5.32 Å². The quantitative estimate of drug-likeness (QED) is 0.597. The van der Waals surface area contributed by atoms with Gasteiger partial charge in [0.2, 0.25) is 0 Å². The molecule has 1 aliphatic carbocycles. The molecule has 8 heteroatoms. The topological polar surface area (TPSA) is 50.7 Å². The molecule has 0 spiro atoms. The van der Waals surface area contributed by atoms with E-state index in [2.05, 4.69) is 20.3 Å². The molecule has 1 aromatic carbocycles. The summed E-state index contributed by atoms with van der Waals surface area (Å²) in [4.78, 5) is 12.6. The number of halogens is 4. The normalized spacial score (nSPS) is 15.3. The number of pyridine rings is 1. The smallest absolute Gasteiger partial charge is 0.181 e. The van der Waals surface area contributed by atoms with Crippen LogP contribution in [0.5, 0.6) is 0 Å². The van der Waals surface area contributed by atoms with Crippen LogP contribution in [0.2, 0.25) is 5.15 Å². The van der Waals surface area contributed by atoms with Gasteiger partial charge in [-0.25, -0.2) is 28.1 Å². The molecule has 4 nitrogen and oxygen atoms in total. The molecule has 0 bridgehead atoms. The Morgan fingerprint density at radius 2 is 1.59 bits per heavy atom. The average Bonchev–Trinajstić information content (AvgIpc) is 2.64. The number of aromatic nitrogens is 3. The molecule has 1 N–H and O–H groups in total. The Morgan fingerprint density at radius 3 is 2.30 bits per heavy atom. The molecule has 140 valence electrons. The maximum atomic E-state index is 14.5. The summed E-state index contributed by atoms with van der Waals surface area (Å²) in [5, 5.41) is 3.23. The van der Waals surface area contributed by atoms with Gasteiger partial charge in [0.05, 0.1) is 16.8 Å². The van der Waals surface area contributed by atoms with Crippen LogP contribution in [-0.2, 0) is 0 Å². The zero-order chi connectivity index (χ0) is 19.0. The lowest BCUT2D eigenvalue weighted by molar-refractivity contribution is 0.463. The summed E-state index contributed by atoms with van der Waals surface area (Å²) in [6.07, 6.45) is 8.08. The highest BCUT2D eigenvalue weighted by Crippen LogP contribution is 2.41. The molecule has 4 rings (SSSR count). The first-order valence-corrected chi connectivity index (χ1v) is 9.14. The van der Waals surface area contributed by atoms with E-state index in [0.717, 1.165) is 32.1 Å². The van der Waals surface area contributed by atoms with Crippen LogP contribution in [0, 0.1) is 17.5 Å². The molecule has 0 aliphatic heterocycles. The van der Waals surface area contributed by atoms with Gasteiger partial charge in [0.15, 0.2) is 5.65 Å². The molecule has 27 heavy (non-hydrogen) atoms. The molecule has 0 amide bonds. The lowest BCUT2D eigenvalue weighted by Gasteiger charge is -2.26. The van der Waals surface area contributed by atoms with Crippen molar-refractivity contribution in [2.24, 2.45) is 0 Å². The molecule has 0 radical (unpaired) electrons. The lowest BCUT2D eigenvalue weighted by atomic mass is 9.94. The number of fused-ring (bicyclic) bond motifs is 1. The maximum absolute atomic E-state index is 14.5. The SMILES string of the molecule is Fc1cc(F)c(-c2c(Cl)nc3nccnc3c2NC2CCCCC2)c(F)c1. The number of anilines is 1. The number of hydrogen-bond acceptors (Lipinski definition) is 4. The van der Waals surface area contributed by atoms with Crippen LogP contribution >= 0.6 is 11.6 Å². The summed E-state index contributed by atoms with van der Waals surface area (Å²) in [6.45, 7) is 0. The standard InChI is InChI=1S/C19H16ClF3N4/c20-18-15(14-12(22)8-10(21)9-13(14)23)16(26-11-4-2-1-3-5-11)17-19(27-18)25-7-6-24-17/h6-9,11H,1-5H2,(H,25,26,27). The van der Waals surface area contributed by atoms with Crippen molar-refractivity contribution in [1.29, 1.82) is 0 Å². The Labute approximate surface area is 158 Å². The van der Waals surface area contributed by atoms with Gasteiger partial charge in [-0.2, -0.15) is 0 Å². The van der Waals surface area contributed by atoms with Crippen LogP contribution in [0.25, 0.3) is 22.3 Å². The first kappa shape index (κ1) is 18.0. The van der Waals surface area contributed by atoms with Gasteiger partial charge in [-0.15, -0.1) is 0 Å². The average molecular weight is 393 g/mol. The Bertz CT molecular complexity index is 983. The third-order valence-corrected chi connectivity index (χ3v) is 5.06. The van der Waals surface area contributed by atoms with Gasteiger partial charge in [-0.1, -0.05) is 30.9 Å². The Kier molecular flexibility index (Phi) is 4.86. The van der Waals surface area contributed by atoms with Crippen molar-refractivity contribution < 1.29 is 13.2 Å². The molecule has 3 aromatic rings. The predicted molar refractivity (Wildman–Crippen MR) is 98.1 cm³/mol. The van der Waals surface area contributed by atoms with Crippen molar-refractivity contribution in [1.82, 2.24) is 15.0 Å². The molecular formula is C19H16ClF3N4. The number of nitrogens with one attached hydrogen (secondary N) is 1. The minimum atomic E-state index is -1.05. The number of rotatable bonds is 3.